The Bertz CT molecular complexity index is 958. The molecule has 0 spiro atoms. The summed E-state index contributed by atoms with van der Waals surface area (Å²) >= 11 is 0. The van der Waals surface area contributed by atoms with Gasteiger partial charge in [-0.3, -0.25) is 9.78 Å². The maximum atomic E-state index is 11.9. The predicted molar refractivity (Wildman–Crippen MR) is 125 cm³/mol. The van der Waals surface area contributed by atoms with Crippen molar-refractivity contribution in [3.8, 4) is 0 Å². The van der Waals surface area contributed by atoms with E-state index in [0.29, 0.717) is 13.0 Å². The molecule has 3 rings (SSSR count). The van der Waals surface area contributed by atoms with Gasteiger partial charge in [-0.05, 0) is 36.4 Å². The number of ether oxygens (including phenoxy) is 4. The lowest BCUT2D eigenvalue weighted by Gasteiger charge is -2.19. The Kier molecular flexibility index (Phi) is 8.83. The fourth-order valence-corrected chi connectivity index (χ4v) is 3.37. The van der Waals surface area contributed by atoms with Crippen LogP contribution in [0.1, 0.15) is 24.7 Å². The number of carbonyl (C=O) groups excluding carboxylic acids is 2. The monoisotopic (exact) mass is 453 g/mol. The molecule has 10 heteroatoms. The highest BCUT2D eigenvalue weighted by atomic mass is 16.7. The van der Waals surface area contributed by atoms with Gasteiger partial charge in [0.25, 0.3) is 0 Å². The van der Waals surface area contributed by atoms with Gasteiger partial charge in [0.05, 0.1) is 17.9 Å². The first-order valence-corrected chi connectivity index (χ1v) is 10.8. The average Bonchev–Trinajstić information content (AvgIpc) is 3.15. The molecular weight excluding hydrogens is 425 g/mol. The van der Waals surface area contributed by atoms with Crippen molar-refractivity contribution in [3.63, 3.8) is 0 Å². The van der Waals surface area contributed by atoms with Crippen molar-refractivity contribution in [2.45, 2.75) is 31.6 Å². The summed E-state index contributed by atoms with van der Waals surface area (Å²) in [7, 11) is 3.74. The van der Waals surface area contributed by atoms with E-state index in [1.165, 1.54) is 6.92 Å². The van der Waals surface area contributed by atoms with Gasteiger partial charge in [0.15, 0.2) is 0 Å². The molecule has 1 unspecified atom stereocenters. The standard InChI is InChI=1S/C23H28BN3O6/c1-16(28)32-19-14-21(24)33-20(19)15-31-23(29)30-13-12-27(2)22-8-5-7-18(26-22)10-9-17-6-3-4-11-25-17/h3-11,19-21H,12-15,24H2,1-2H3/b10-9+/t19-,20?,21-/m1/s1. The van der Waals surface area contributed by atoms with Gasteiger partial charge in [0.1, 0.15) is 39.1 Å². The molecule has 0 aromatic carbocycles. The molecule has 0 saturated carbocycles. The number of likely N-dealkylation sites (N-methyl/N-ethyl adjacent to an activating group) is 1. The van der Waals surface area contributed by atoms with Crippen LogP contribution in [0, 0.1) is 0 Å². The fourth-order valence-electron chi connectivity index (χ4n) is 3.37. The van der Waals surface area contributed by atoms with Gasteiger partial charge in [-0.15, -0.1) is 0 Å². The highest BCUT2D eigenvalue weighted by Gasteiger charge is 2.36. The van der Waals surface area contributed by atoms with Gasteiger partial charge in [-0.1, -0.05) is 12.1 Å². The number of pyridine rings is 2. The number of anilines is 1. The Labute approximate surface area is 194 Å². The zero-order valence-electron chi connectivity index (χ0n) is 19.0. The van der Waals surface area contributed by atoms with Crippen LogP contribution < -0.4 is 4.90 Å². The largest absolute Gasteiger partial charge is 0.508 e. The lowest BCUT2D eigenvalue weighted by Crippen LogP contribution is -2.32. The molecule has 9 nitrogen and oxygen atoms in total. The van der Waals surface area contributed by atoms with Crippen LogP contribution in [0.25, 0.3) is 12.2 Å². The Morgan fingerprint density at radius 2 is 1.97 bits per heavy atom. The predicted octanol–water partition coefficient (Wildman–Crippen LogP) is 1.92. The van der Waals surface area contributed by atoms with Crippen molar-refractivity contribution in [2.24, 2.45) is 0 Å². The molecular formula is C23H28BN3O6. The smallest absolute Gasteiger partial charge is 0.460 e. The molecule has 1 fully saturated rings. The van der Waals surface area contributed by atoms with E-state index >= 15 is 0 Å². The lowest BCUT2D eigenvalue weighted by atomic mass is 9.96. The van der Waals surface area contributed by atoms with Crippen LogP contribution in [-0.2, 0) is 23.7 Å². The van der Waals surface area contributed by atoms with Crippen molar-refractivity contribution < 1.29 is 28.5 Å². The van der Waals surface area contributed by atoms with Crippen molar-refractivity contribution in [1.29, 1.82) is 0 Å². The van der Waals surface area contributed by atoms with Gasteiger partial charge in [0.2, 0.25) is 0 Å². The third kappa shape index (κ3) is 7.91. The van der Waals surface area contributed by atoms with E-state index in [0.717, 1.165) is 17.2 Å². The second-order valence-corrected chi connectivity index (χ2v) is 7.71. The molecule has 174 valence electrons. The quantitative estimate of drug-likeness (QED) is 0.416. The molecule has 33 heavy (non-hydrogen) atoms. The molecule has 0 amide bonds. The summed E-state index contributed by atoms with van der Waals surface area (Å²) in [5, 5.41) is 0. The Balaban J connectivity index is 1.41. The van der Waals surface area contributed by atoms with Crippen LogP contribution in [0.3, 0.4) is 0 Å². The fraction of sp³-hybridized carbons (Fsp3) is 0.391. The third-order valence-corrected chi connectivity index (χ3v) is 4.98. The van der Waals surface area contributed by atoms with E-state index in [1.54, 1.807) is 6.20 Å². The van der Waals surface area contributed by atoms with Crippen LogP contribution in [0.5, 0.6) is 0 Å². The molecule has 0 radical (unpaired) electrons. The van der Waals surface area contributed by atoms with E-state index < -0.39 is 24.3 Å². The van der Waals surface area contributed by atoms with Crippen LogP contribution in [-0.4, -0.2) is 75.0 Å². The molecule has 1 aliphatic heterocycles. The summed E-state index contributed by atoms with van der Waals surface area (Å²) in [5.41, 5.74) is 1.64. The van der Waals surface area contributed by atoms with Crippen molar-refractivity contribution >= 4 is 37.9 Å². The minimum atomic E-state index is -0.798. The molecule has 3 atom stereocenters. The molecule has 1 saturated heterocycles. The van der Waals surface area contributed by atoms with Crippen molar-refractivity contribution in [3.05, 3.63) is 54.0 Å². The second kappa shape index (κ2) is 12.0. The zero-order valence-corrected chi connectivity index (χ0v) is 19.0. The van der Waals surface area contributed by atoms with E-state index in [1.807, 2.05) is 68.3 Å². The number of rotatable bonds is 9. The number of hydrogen-bond acceptors (Lipinski definition) is 9. The Morgan fingerprint density at radius 3 is 2.73 bits per heavy atom. The maximum absolute atomic E-state index is 11.9. The van der Waals surface area contributed by atoms with E-state index in [4.69, 9.17) is 18.9 Å². The summed E-state index contributed by atoms with van der Waals surface area (Å²) < 4.78 is 21.2. The summed E-state index contributed by atoms with van der Waals surface area (Å²) in [6.45, 7) is 1.86. The van der Waals surface area contributed by atoms with E-state index in [-0.39, 0.29) is 19.2 Å². The second-order valence-electron chi connectivity index (χ2n) is 7.71. The summed E-state index contributed by atoms with van der Waals surface area (Å²) in [4.78, 5) is 33.9. The number of aromatic nitrogens is 2. The van der Waals surface area contributed by atoms with Gasteiger partial charge < -0.3 is 23.8 Å². The Hall–Kier alpha value is -3.40. The van der Waals surface area contributed by atoms with Gasteiger partial charge >= 0.3 is 12.1 Å². The molecule has 0 aliphatic carbocycles. The Morgan fingerprint density at radius 1 is 1.18 bits per heavy atom. The molecule has 0 bridgehead atoms. The maximum Gasteiger partial charge on any atom is 0.508 e. The number of esters is 1. The van der Waals surface area contributed by atoms with Crippen molar-refractivity contribution in [1.82, 2.24) is 9.97 Å². The molecule has 1 aliphatic rings. The van der Waals surface area contributed by atoms with E-state index in [9.17, 15) is 9.59 Å². The topological polar surface area (TPSA) is 100 Å². The van der Waals surface area contributed by atoms with Gasteiger partial charge in [-0.25, -0.2) is 9.78 Å². The number of nitrogens with zero attached hydrogens (tertiary/aromatic N) is 3. The first-order chi connectivity index (χ1) is 15.9. The third-order valence-electron chi connectivity index (χ3n) is 4.98. The molecule has 2 aromatic heterocycles. The van der Waals surface area contributed by atoms with Crippen LogP contribution >= 0.6 is 0 Å². The van der Waals surface area contributed by atoms with Gasteiger partial charge in [-0.2, -0.15) is 0 Å². The minimum Gasteiger partial charge on any atom is -0.460 e. The van der Waals surface area contributed by atoms with Gasteiger partial charge in [0, 0.05) is 32.6 Å². The van der Waals surface area contributed by atoms with Crippen LogP contribution in [0.15, 0.2) is 42.6 Å². The number of hydrogen-bond donors (Lipinski definition) is 0. The number of carbonyl (C=O) groups is 2. The normalized spacial score (nSPS) is 19.9. The molecule has 3 heterocycles. The SMILES string of the molecule is B[C@H]1C[C@@H](OC(C)=O)C(COC(=O)OCCN(C)c2cccc(/C=C/c3ccccn3)n2)O1. The lowest BCUT2D eigenvalue weighted by molar-refractivity contribution is -0.150. The highest BCUT2D eigenvalue weighted by molar-refractivity contribution is 6.11. The zero-order chi connectivity index (χ0) is 23.6. The van der Waals surface area contributed by atoms with Crippen LogP contribution in [0.4, 0.5) is 10.6 Å². The first-order valence-electron chi connectivity index (χ1n) is 10.8. The average molecular weight is 453 g/mol. The molecule has 0 N–H and O–H groups in total. The first kappa shape index (κ1) is 24.3. The molecule has 2 aromatic rings. The van der Waals surface area contributed by atoms with E-state index in [2.05, 4.69) is 9.97 Å². The summed E-state index contributed by atoms with van der Waals surface area (Å²) in [5.74, 6) is 0.353. The summed E-state index contributed by atoms with van der Waals surface area (Å²) in [6.07, 6.45) is 4.37. The van der Waals surface area contributed by atoms with Crippen LogP contribution in [0.2, 0.25) is 0 Å². The summed E-state index contributed by atoms with van der Waals surface area (Å²) in [6, 6.07) is 11.3. The highest BCUT2D eigenvalue weighted by Crippen LogP contribution is 2.22. The van der Waals surface area contributed by atoms with Crippen molar-refractivity contribution in [2.75, 3.05) is 31.7 Å². The minimum absolute atomic E-state index is 0.0385.